The third-order valence-corrected chi connectivity index (χ3v) is 3.27. The van der Waals surface area contributed by atoms with Crippen LogP contribution in [0.5, 0.6) is 5.75 Å². The van der Waals surface area contributed by atoms with Gasteiger partial charge < -0.3 is 19.9 Å². The van der Waals surface area contributed by atoms with E-state index in [4.69, 9.17) is 5.11 Å². The minimum Gasteiger partial charge on any atom is -0.506 e. The summed E-state index contributed by atoms with van der Waals surface area (Å²) in [6, 6.07) is 9.29. The molecule has 0 fully saturated rings. The number of aromatic hydroxyl groups is 1. The largest absolute Gasteiger partial charge is 0.506 e. The predicted octanol–water partition coefficient (Wildman–Crippen LogP) is 1.92. The minimum atomic E-state index is -1.15. The topological polar surface area (TPSA) is 104 Å². The van der Waals surface area contributed by atoms with Crippen LogP contribution < -0.4 is 5.32 Å². The molecule has 0 aliphatic heterocycles. The number of aromatic carboxylic acids is 1. The fraction of sp³-hybridized carbons (Fsp3) is 0.0625. The van der Waals surface area contributed by atoms with Gasteiger partial charge in [-0.3, -0.25) is 4.79 Å². The summed E-state index contributed by atoms with van der Waals surface area (Å²) in [6.45, 7) is 0. The number of aromatic nitrogens is 2. The predicted molar refractivity (Wildman–Crippen MR) is 82.6 cm³/mol. The number of carbonyl (C=O) groups is 2. The number of hydrogen-bond donors (Lipinski definition) is 3. The maximum Gasteiger partial charge on any atom is 0.335 e. The maximum absolute atomic E-state index is 12.0. The first-order valence-corrected chi connectivity index (χ1v) is 6.82. The highest BCUT2D eigenvalue weighted by Crippen LogP contribution is 2.24. The van der Waals surface area contributed by atoms with Gasteiger partial charge in [-0.25, -0.2) is 9.78 Å². The van der Waals surface area contributed by atoms with E-state index in [1.807, 2.05) is 28.8 Å². The average Bonchev–Trinajstić information content (AvgIpc) is 2.91. The first-order chi connectivity index (χ1) is 11.0. The summed E-state index contributed by atoms with van der Waals surface area (Å²) >= 11 is 0. The second-order valence-corrected chi connectivity index (χ2v) is 4.96. The van der Waals surface area contributed by atoms with Crippen molar-refractivity contribution < 1.29 is 19.8 Å². The standard InChI is InChI=1S/C16H13N3O4/c20-13-7-10(16(22)23)4-5-12(13)18-15(21)8-11-9-19-6-2-1-3-14(19)17-11/h1-7,9,20H,8H2,(H,18,21)(H,22,23). The first kappa shape index (κ1) is 14.6. The molecular weight excluding hydrogens is 298 g/mol. The van der Waals surface area contributed by atoms with Crippen LogP contribution in [0.25, 0.3) is 5.65 Å². The van der Waals surface area contributed by atoms with Gasteiger partial charge in [0.1, 0.15) is 11.4 Å². The van der Waals surface area contributed by atoms with E-state index in [-0.39, 0.29) is 29.3 Å². The smallest absolute Gasteiger partial charge is 0.335 e. The SMILES string of the molecule is O=C(Cc1cn2ccccc2n1)Nc1ccc(C(=O)O)cc1O. The van der Waals surface area contributed by atoms with Crippen LogP contribution in [0.2, 0.25) is 0 Å². The molecule has 0 saturated heterocycles. The molecule has 3 rings (SSSR count). The van der Waals surface area contributed by atoms with Crippen molar-refractivity contribution >= 4 is 23.2 Å². The zero-order valence-corrected chi connectivity index (χ0v) is 11.9. The van der Waals surface area contributed by atoms with Gasteiger partial charge >= 0.3 is 5.97 Å². The van der Waals surface area contributed by atoms with Gasteiger partial charge in [0, 0.05) is 12.4 Å². The number of carbonyl (C=O) groups excluding carboxylic acids is 1. The molecule has 0 saturated carbocycles. The molecule has 3 N–H and O–H groups in total. The lowest BCUT2D eigenvalue weighted by Gasteiger charge is -2.07. The van der Waals surface area contributed by atoms with E-state index in [0.29, 0.717) is 5.69 Å². The van der Waals surface area contributed by atoms with Gasteiger partial charge in [-0.2, -0.15) is 0 Å². The highest BCUT2D eigenvalue weighted by molar-refractivity contribution is 5.95. The molecule has 2 aromatic heterocycles. The Bertz CT molecular complexity index is 868. The zero-order valence-electron chi connectivity index (χ0n) is 11.9. The van der Waals surface area contributed by atoms with Gasteiger partial charge in [0.05, 0.1) is 23.4 Å². The summed E-state index contributed by atoms with van der Waals surface area (Å²) in [4.78, 5) is 27.2. The lowest BCUT2D eigenvalue weighted by atomic mass is 10.2. The molecule has 116 valence electrons. The summed E-state index contributed by atoms with van der Waals surface area (Å²) in [5, 5.41) is 21.1. The van der Waals surface area contributed by atoms with E-state index in [9.17, 15) is 14.7 Å². The monoisotopic (exact) mass is 311 g/mol. The quantitative estimate of drug-likeness (QED) is 0.639. The molecule has 7 nitrogen and oxygen atoms in total. The number of benzene rings is 1. The summed E-state index contributed by atoms with van der Waals surface area (Å²) in [7, 11) is 0. The highest BCUT2D eigenvalue weighted by Gasteiger charge is 2.12. The van der Waals surface area contributed by atoms with Gasteiger partial charge in [-0.05, 0) is 30.3 Å². The lowest BCUT2D eigenvalue weighted by Crippen LogP contribution is -2.14. The van der Waals surface area contributed by atoms with Crippen LogP contribution in [0.15, 0.2) is 48.8 Å². The van der Waals surface area contributed by atoms with Gasteiger partial charge in [-0.15, -0.1) is 0 Å². The summed E-state index contributed by atoms with van der Waals surface area (Å²) in [5.41, 5.74) is 1.43. The Morgan fingerprint density at radius 1 is 1.22 bits per heavy atom. The molecule has 2 heterocycles. The van der Waals surface area contributed by atoms with Gasteiger partial charge in [0.25, 0.3) is 0 Å². The number of fused-ring (bicyclic) bond motifs is 1. The van der Waals surface area contributed by atoms with Gasteiger partial charge in [0.15, 0.2) is 0 Å². The molecule has 0 bridgehead atoms. The van der Waals surface area contributed by atoms with Crippen molar-refractivity contribution in [3.63, 3.8) is 0 Å². The minimum absolute atomic E-state index is 0.0435. The number of nitrogens with one attached hydrogen (secondary N) is 1. The van der Waals surface area contributed by atoms with Crippen LogP contribution in [-0.4, -0.2) is 31.5 Å². The molecular formula is C16H13N3O4. The van der Waals surface area contributed by atoms with Crippen LogP contribution in [0.4, 0.5) is 5.69 Å². The van der Waals surface area contributed by atoms with Crippen LogP contribution in [0.3, 0.4) is 0 Å². The second kappa shape index (κ2) is 5.80. The van der Waals surface area contributed by atoms with Crippen LogP contribution in [0, 0.1) is 0 Å². The van der Waals surface area contributed by atoms with E-state index >= 15 is 0 Å². The number of nitrogens with zero attached hydrogens (tertiary/aromatic N) is 2. The number of rotatable bonds is 4. The summed E-state index contributed by atoms with van der Waals surface area (Å²) in [5.74, 6) is -1.80. The van der Waals surface area contributed by atoms with E-state index < -0.39 is 5.97 Å². The molecule has 23 heavy (non-hydrogen) atoms. The number of phenols is 1. The van der Waals surface area contributed by atoms with Crippen molar-refractivity contribution in [2.24, 2.45) is 0 Å². The number of phenolic OH excluding ortho intramolecular Hbond substituents is 1. The number of imidazole rings is 1. The number of pyridine rings is 1. The second-order valence-electron chi connectivity index (χ2n) is 4.96. The van der Waals surface area contributed by atoms with Crippen molar-refractivity contribution in [2.45, 2.75) is 6.42 Å². The average molecular weight is 311 g/mol. The number of hydrogen-bond acceptors (Lipinski definition) is 4. The number of carboxylic acid groups (broad SMARTS) is 1. The van der Waals surface area contributed by atoms with Crippen molar-refractivity contribution in [3.8, 4) is 5.75 Å². The molecule has 0 spiro atoms. The fourth-order valence-electron chi connectivity index (χ4n) is 2.20. The molecule has 1 aromatic carbocycles. The molecule has 0 radical (unpaired) electrons. The lowest BCUT2D eigenvalue weighted by molar-refractivity contribution is -0.115. The van der Waals surface area contributed by atoms with Crippen molar-refractivity contribution in [2.75, 3.05) is 5.32 Å². The highest BCUT2D eigenvalue weighted by atomic mass is 16.4. The van der Waals surface area contributed by atoms with Crippen LogP contribution >= 0.6 is 0 Å². The number of anilines is 1. The van der Waals surface area contributed by atoms with Crippen LogP contribution in [-0.2, 0) is 11.2 Å². The third kappa shape index (κ3) is 3.13. The van der Waals surface area contributed by atoms with Gasteiger partial charge in [0.2, 0.25) is 5.91 Å². The fourth-order valence-corrected chi connectivity index (χ4v) is 2.20. The molecule has 0 aliphatic rings. The van der Waals surface area contributed by atoms with Gasteiger partial charge in [-0.1, -0.05) is 6.07 Å². The zero-order chi connectivity index (χ0) is 16.4. The number of carboxylic acids is 1. The first-order valence-electron chi connectivity index (χ1n) is 6.82. The van der Waals surface area contributed by atoms with Crippen molar-refractivity contribution in [3.05, 3.63) is 60.0 Å². The Morgan fingerprint density at radius 3 is 2.74 bits per heavy atom. The normalized spacial score (nSPS) is 10.6. The Kier molecular flexibility index (Phi) is 3.68. The molecule has 0 unspecified atom stereocenters. The number of amides is 1. The van der Waals surface area contributed by atoms with Crippen molar-refractivity contribution in [1.82, 2.24) is 9.38 Å². The Balaban J connectivity index is 1.73. The van der Waals surface area contributed by atoms with E-state index in [2.05, 4.69) is 10.3 Å². The Morgan fingerprint density at radius 2 is 2.04 bits per heavy atom. The third-order valence-electron chi connectivity index (χ3n) is 3.27. The Labute approximate surface area is 130 Å². The van der Waals surface area contributed by atoms with Crippen molar-refractivity contribution in [1.29, 1.82) is 0 Å². The van der Waals surface area contributed by atoms with E-state index in [1.165, 1.54) is 12.1 Å². The maximum atomic E-state index is 12.0. The van der Waals surface area contributed by atoms with Crippen LogP contribution in [0.1, 0.15) is 16.1 Å². The molecule has 3 aromatic rings. The summed E-state index contributed by atoms with van der Waals surface area (Å²) < 4.78 is 1.81. The van der Waals surface area contributed by atoms with E-state index in [1.54, 1.807) is 6.20 Å². The van der Waals surface area contributed by atoms with E-state index in [0.717, 1.165) is 11.7 Å². The Hall–Kier alpha value is -3.35. The molecule has 1 amide bonds. The molecule has 0 aliphatic carbocycles. The molecule has 7 heteroatoms. The summed E-state index contributed by atoms with van der Waals surface area (Å²) in [6.07, 6.45) is 3.63. The molecule has 0 atom stereocenters.